The summed E-state index contributed by atoms with van der Waals surface area (Å²) in [6.45, 7) is 0. The number of nitrogens with two attached hydrogens (primary N) is 2. The van der Waals surface area contributed by atoms with E-state index in [1.54, 1.807) is 6.07 Å². The van der Waals surface area contributed by atoms with Gasteiger partial charge in [0.25, 0.3) is 0 Å². The van der Waals surface area contributed by atoms with Crippen molar-refractivity contribution in [3.63, 3.8) is 0 Å². The van der Waals surface area contributed by atoms with Gasteiger partial charge >= 0.3 is 0 Å². The summed E-state index contributed by atoms with van der Waals surface area (Å²) in [5, 5.41) is 9.19. The van der Waals surface area contributed by atoms with E-state index in [-0.39, 0.29) is 11.8 Å². The molecular formula is C8H6N6. The fourth-order valence-electron chi connectivity index (χ4n) is 1.11. The van der Waals surface area contributed by atoms with Crippen molar-refractivity contribution in [2.24, 2.45) is 0 Å². The lowest BCUT2D eigenvalue weighted by molar-refractivity contribution is 1.20. The van der Waals surface area contributed by atoms with Crippen LogP contribution in [0.4, 0.5) is 11.8 Å². The van der Waals surface area contributed by atoms with Crippen molar-refractivity contribution in [1.82, 2.24) is 15.0 Å². The van der Waals surface area contributed by atoms with Gasteiger partial charge in [-0.25, -0.2) is 4.98 Å². The van der Waals surface area contributed by atoms with Gasteiger partial charge in [0.15, 0.2) is 5.65 Å². The zero-order valence-corrected chi connectivity index (χ0v) is 7.10. The molecular weight excluding hydrogens is 180 g/mol. The molecule has 2 aromatic rings. The Morgan fingerprint density at radius 3 is 2.79 bits per heavy atom. The van der Waals surface area contributed by atoms with Gasteiger partial charge in [0.2, 0.25) is 5.95 Å². The van der Waals surface area contributed by atoms with Gasteiger partial charge in [-0.1, -0.05) is 0 Å². The smallest absolute Gasteiger partial charge is 0.224 e. The van der Waals surface area contributed by atoms with Gasteiger partial charge in [0.1, 0.15) is 11.9 Å². The number of pyridine rings is 1. The molecule has 0 bridgehead atoms. The van der Waals surface area contributed by atoms with Crippen molar-refractivity contribution in [1.29, 1.82) is 5.26 Å². The standard InChI is InChI=1S/C8H6N6/c9-2-4-1-5-6(10)13-8(11)14-7(5)12-3-4/h1,3H,(H4,10,11,12,13,14). The topological polar surface area (TPSA) is 114 Å². The number of nitrogens with zero attached hydrogens (tertiary/aromatic N) is 4. The monoisotopic (exact) mass is 186 g/mol. The number of fused-ring (bicyclic) bond motifs is 1. The Morgan fingerprint density at radius 1 is 1.29 bits per heavy atom. The van der Waals surface area contributed by atoms with E-state index < -0.39 is 0 Å². The number of anilines is 2. The number of hydrogen-bond acceptors (Lipinski definition) is 6. The Morgan fingerprint density at radius 2 is 2.07 bits per heavy atom. The summed E-state index contributed by atoms with van der Waals surface area (Å²) in [6.07, 6.45) is 1.41. The molecule has 0 saturated heterocycles. The highest BCUT2D eigenvalue weighted by atomic mass is 15.1. The molecule has 0 spiro atoms. The summed E-state index contributed by atoms with van der Waals surface area (Å²) in [7, 11) is 0. The molecule has 68 valence electrons. The molecule has 0 aliphatic rings. The molecule has 0 fully saturated rings. The largest absolute Gasteiger partial charge is 0.383 e. The summed E-state index contributed by atoms with van der Waals surface area (Å²) in [5.74, 6) is 0.310. The molecule has 2 rings (SSSR count). The van der Waals surface area contributed by atoms with Crippen LogP contribution in [-0.4, -0.2) is 15.0 Å². The van der Waals surface area contributed by atoms with Crippen LogP contribution in [0, 0.1) is 11.3 Å². The summed E-state index contributed by atoms with van der Waals surface area (Å²) in [5.41, 5.74) is 11.8. The van der Waals surface area contributed by atoms with E-state index in [4.69, 9.17) is 16.7 Å². The molecule has 0 unspecified atom stereocenters. The first kappa shape index (κ1) is 8.19. The lowest BCUT2D eigenvalue weighted by Crippen LogP contribution is -2.01. The van der Waals surface area contributed by atoms with Crippen LogP contribution in [0.3, 0.4) is 0 Å². The van der Waals surface area contributed by atoms with Crippen molar-refractivity contribution >= 4 is 22.8 Å². The molecule has 0 radical (unpaired) electrons. The van der Waals surface area contributed by atoms with E-state index >= 15 is 0 Å². The van der Waals surface area contributed by atoms with Gasteiger partial charge in [0, 0.05) is 6.20 Å². The minimum Gasteiger partial charge on any atom is -0.383 e. The van der Waals surface area contributed by atoms with E-state index in [2.05, 4.69) is 15.0 Å². The summed E-state index contributed by atoms with van der Waals surface area (Å²) < 4.78 is 0. The molecule has 0 aromatic carbocycles. The summed E-state index contributed by atoms with van der Waals surface area (Å²) >= 11 is 0. The van der Waals surface area contributed by atoms with Crippen molar-refractivity contribution < 1.29 is 0 Å². The molecule has 4 N–H and O–H groups in total. The third-order valence-corrected chi connectivity index (χ3v) is 1.73. The Balaban J connectivity index is 2.84. The maximum Gasteiger partial charge on any atom is 0.224 e. The van der Waals surface area contributed by atoms with Crippen LogP contribution >= 0.6 is 0 Å². The zero-order valence-electron chi connectivity index (χ0n) is 7.10. The highest BCUT2D eigenvalue weighted by Crippen LogP contribution is 2.17. The fourth-order valence-corrected chi connectivity index (χ4v) is 1.11. The maximum atomic E-state index is 8.65. The highest BCUT2D eigenvalue weighted by Gasteiger charge is 2.04. The first-order valence-electron chi connectivity index (χ1n) is 3.79. The van der Waals surface area contributed by atoms with Crippen LogP contribution in [0.25, 0.3) is 11.0 Å². The second-order valence-electron chi connectivity index (χ2n) is 2.67. The third-order valence-electron chi connectivity index (χ3n) is 1.73. The molecule has 6 nitrogen and oxygen atoms in total. The summed E-state index contributed by atoms with van der Waals surface area (Å²) in [4.78, 5) is 11.6. The molecule has 0 aliphatic carbocycles. The van der Waals surface area contributed by atoms with Crippen LogP contribution < -0.4 is 11.5 Å². The average molecular weight is 186 g/mol. The van der Waals surface area contributed by atoms with Crippen molar-refractivity contribution in [2.45, 2.75) is 0 Å². The number of aromatic nitrogens is 3. The Bertz CT molecular complexity index is 541. The number of hydrogen-bond donors (Lipinski definition) is 2. The van der Waals surface area contributed by atoms with E-state index in [9.17, 15) is 0 Å². The third kappa shape index (κ3) is 1.17. The van der Waals surface area contributed by atoms with Crippen LogP contribution in [-0.2, 0) is 0 Å². The quantitative estimate of drug-likeness (QED) is 0.601. The van der Waals surface area contributed by atoms with Gasteiger partial charge in [-0.15, -0.1) is 0 Å². The molecule has 2 heterocycles. The molecule has 2 aromatic heterocycles. The molecule has 0 atom stereocenters. The number of nitriles is 1. The Kier molecular flexibility index (Phi) is 1.65. The predicted octanol–water partition coefficient (Wildman–Crippen LogP) is 0.0609. The van der Waals surface area contributed by atoms with Gasteiger partial charge in [-0.05, 0) is 6.07 Å². The minimum absolute atomic E-state index is 0.0761. The van der Waals surface area contributed by atoms with Crippen LogP contribution in [0.2, 0.25) is 0 Å². The first-order chi connectivity index (χ1) is 6.70. The van der Waals surface area contributed by atoms with E-state index in [1.165, 1.54) is 6.20 Å². The molecule has 0 saturated carbocycles. The summed E-state index contributed by atoms with van der Waals surface area (Å²) in [6, 6.07) is 3.54. The second kappa shape index (κ2) is 2.81. The Hall–Kier alpha value is -2.42. The van der Waals surface area contributed by atoms with E-state index in [0.717, 1.165) is 0 Å². The molecule has 0 amide bonds. The van der Waals surface area contributed by atoms with Crippen LogP contribution in [0.1, 0.15) is 5.56 Å². The Labute approximate surface area is 79.2 Å². The second-order valence-corrected chi connectivity index (χ2v) is 2.67. The number of rotatable bonds is 0. The fraction of sp³-hybridized carbons (Fsp3) is 0. The van der Waals surface area contributed by atoms with Gasteiger partial charge in [0.05, 0.1) is 10.9 Å². The van der Waals surface area contributed by atoms with E-state index in [0.29, 0.717) is 16.6 Å². The zero-order chi connectivity index (χ0) is 10.1. The SMILES string of the molecule is N#Cc1cnc2nc(N)nc(N)c2c1. The maximum absolute atomic E-state index is 8.65. The van der Waals surface area contributed by atoms with Crippen molar-refractivity contribution in [3.05, 3.63) is 17.8 Å². The molecule has 6 heteroatoms. The lowest BCUT2D eigenvalue weighted by atomic mass is 10.2. The van der Waals surface area contributed by atoms with E-state index in [1.807, 2.05) is 6.07 Å². The van der Waals surface area contributed by atoms with Crippen LogP contribution in [0.5, 0.6) is 0 Å². The first-order valence-corrected chi connectivity index (χ1v) is 3.79. The molecule has 0 aliphatic heterocycles. The number of nitrogen functional groups attached to an aromatic ring is 2. The predicted molar refractivity (Wildman–Crippen MR) is 50.9 cm³/mol. The van der Waals surface area contributed by atoms with Gasteiger partial charge in [-0.2, -0.15) is 15.2 Å². The minimum atomic E-state index is 0.0761. The van der Waals surface area contributed by atoms with Gasteiger partial charge < -0.3 is 11.5 Å². The average Bonchev–Trinajstić information content (AvgIpc) is 2.17. The van der Waals surface area contributed by atoms with Gasteiger partial charge in [-0.3, -0.25) is 0 Å². The van der Waals surface area contributed by atoms with Crippen LogP contribution in [0.15, 0.2) is 12.3 Å². The normalized spacial score (nSPS) is 9.93. The highest BCUT2D eigenvalue weighted by molar-refractivity contribution is 5.86. The van der Waals surface area contributed by atoms with Crippen molar-refractivity contribution in [2.75, 3.05) is 11.5 Å². The molecule has 14 heavy (non-hydrogen) atoms. The lowest BCUT2D eigenvalue weighted by Gasteiger charge is -2.00. The van der Waals surface area contributed by atoms with Crippen molar-refractivity contribution in [3.8, 4) is 6.07 Å².